The van der Waals surface area contributed by atoms with Crippen molar-refractivity contribution in [3.63, 3.8) is 0 Å². The van der Waals surface area contributed by atoms with Gasteiger partial charge in [-0.2, -0.15) is 0 Å². The number of hydrogen-bond donors (Lipinski definition) is 0. The molecule has 2 aromatic rings. The predicted molar refractivity (Wildman–Crippen MR) is 104 cm³/mol. The van der Waals surface area contributed by atoms with E-state index in [1.165, 1.54) is 0 Å². The number of aromatic nitrogens is 1. The highest BCUT2D eigenvalue weighted by Gasteiger charge is 2.26. The lowest BCUT2D eigenvalue weighted by Crippen LogP contribution is -2.50. The smallest absolute Gasteiger partial charge is 0.255 e. The van der Waals surface area contributed by atoms with Gasteiger partial charge in [-0.25, -0.2) is 4.98 Å². The lowest BCUT2D eigenvalue weighted by Gasteiger charge is -2.35. The van der Waals surface area contributed by atoms with Crippen LogP contribution in [0.2, 0.25) is 10.0 Å². The molecule has 1 aliphatic rings. The van der Waals surface area contributed by atoms with Gasteiger partial charge in [0.1, 0.15) is 0 Å². The molecule has 0 bridgehead atoms. The van der Waals surface area contributed by atoms with Crippen LogP contribution in [0.3, 0.4) is 0 Å². The summed E-state index contributed by atoms with van der Waals surface area (Å²) in [5, 5.41) is 0.807. The van der Waals surface area contributed by atoms with E-state index in [4.69, 9.17) is 27.9 Å². The Labute approximate surface area is 167 Å². The molecular weight excluding hydrogens is 389 g/mol. The SMILES string of the molecule is CCOc1cc(C(=O)N2CCN(C(=O)c3ccc(Cl)cc3Cl)CC2)ccn1. The lowest BCUT2D eigenvalue weighted by molar-refractivity contribution is 0.0535. The number of piperazine rings is 1. The second-order valence-electron chi connectivity index (χ2n) is 6.02. The van der Waals surface area contributed by atoms with E-state index in [1.54, 1.807) is 46.3 Å². The van der Waals surface area contributed by atoms with Crippen molar-refractivity contribution in [3.8, 4) is 5.88 Å². The minimum absolute atomic E-state index is 0.102. The Balaban J connectivity index is 1.63. The molecule has 3 rings (SSSR count). The highest BCUT2D eigenvalue weighted by Crippen LogP contribution is 2.23. The fraction of sp³-hybridized carbons (Fsp3) is 0.316. The Kier molecular flexibility index (Phi) is 6.19. The van der Waals surface area contributed by atoms with Crippen LogP contribution in [0.1, 0.15) is 27.6 Å². The second-order valence-corrected chi connectivity index (χ2v) is 6.87. The number of hydrogen-bond acceptors (Lipinski definition) is 4. The lowest BCUT2D eigenvalue weighted by atomic mass is 10.1. The molecule has 1 saturated heterocycles. The minimum atomic E-state index is -0.161. The number of rotatable bonds is 4. The van der Waals surface area contributed by atoms with E-state index in [9.17, 15) is 9.59 Å². The van der Waals surface area contributed by atoms with E-state index in [1.807, 2.05) is 6.92 Å². The Morgan fingerprint density at radius 3 is 2.33 bits per heavy atom. The number of pyridine rings is 1. The van der Waals surface area contributed by atoms with Gasteiger partial charge in [0.05, 0.1) is 17.2 Å². The van der Waals surface area contributed by atoms with Crippen molar-refractivity contribution in [2.45, 2.75) is 6.92 Å². The van der Waals surface area contributed by atoms with E-state index in [-0.39, 0.29) is 11.8 Å². The molecular formula is C19H19Cl2N3O3. The first kappa shape index (κ1) is 19.5. The number of carbonyl (C=O) groups is 2. The molecule has 0 radical (unpaired) electrons. The molecule has 2 amide bonds. The Hall–Kier alpha value is -2.31. The zero-order valence-electron chi connectivity index (χ0n) is 14.8. The van der Waals surface area contributed by atoms with Gasteiger partial charge >= 0.3 is 0 Å². The van der Waals surface area contributed by atoms with Crippen LogP contribution in [0, 0.1) is 0 Å². The van der Waals surface area contributed by atoms with Crippen LogP contribution in [-0.4, -0.2) is 59.4 Å². The molecule has 1 aromatic carbocycles. The van der Waals surface area contributed by atoms with E-state index in [0.29, 0.717) is 59.8 Å². The average molecular weight is 408 g/mol. The molecule has 0 spiro atoms. The van der Waals surface area contributed by atoms with Crippen molar-refractivity contribution in [2.75, 3.05) is 32.8 Å². The molecule has 0 aliphatic carbocycles. The molecule has 6 nitrogen and oxygen atoms in total. The molecule has 1 aliphatic heterocycles. The van der Waals surface area contributed by atoms with Crippen molar-refractivity contribution < 1.29 is 14.3 Å². The van der Waals surface area contributed by atoms with Gasteiger partial charge in [0.25, 0.3) is 11.8 Å². The monoisotopic (exact) mass is 407 g/mol. The van der Waals surface area contributed by atoms with Crippen LogP contribution in [0.5, 0.6) is 5.88 Å². The van der Waals surface area contributed by atoms with Gasteiger partial charge in [-0.1, -0.05) is 23.2 Å². The van der Waals surface area contributed by atoms with E-state index in [2.05, 4.69) is 4.98 Å². The Bertz CT molecular complexity index is 852. The minimum Gasteiger partial charge on any atom is -0.478 e. The first-order valence-electron chi connectivity index (χ1n) is 8.62. The van der Waals surface area contributed by atoms with Crippen molar-refractivity contribution in [1.29, 1.82) is 0 Å². The van der Waals surface area contributed by atoms with Gasteiger partial charge in [0, 0.05) is 49.0 Å². The summed E-state index contributed by atoms with van der Waals surface area (Å²) >= 11 is 12.0. The summed E-state index contributed by atoms with van der Waals surface area (Å²) in [6.45, 7) is 4.11. The van der Waals surface area contributed by atoms with Crippen LogP contribution < -0.4 is 4.74 Å². The van der Waals surface area contributed by atoms with Crippen LogP contribution in [0.25, 0.3) is 0 Å². The average Bonchev–Trinajstić information content (AvgIpc) is 2.67. The Morgan fingerprint density at radius 1 is 1.04 bits per heavy atom. The van der Waals surface area contributed by atoms with Gasteiger partial charge in [-0.15, -0.1) is 0 Å². The third-order valence-corrected chi connectivity index (χ3v) is 4.84. The fourth-order valence-corrected chi connectivity index (χ4v) is 3.39. The van der Waals surface area contributed by atoms with Crippen molar-refractivity contribution in [2.24, 2.45) is 0 Å². The summed E-state index contributed by atoms with van der Waals surface area (Å²) < 4.78 is 5.34. The standard InChI is InChI=1S/C19H19Cl2N3O3/c1-2-27-17-11-13(5-6-22-17)18(25)23-7-9-24(10-8-23)19(26)15-4-3-14(20)12-16(15)21/h3-6,11-12H,2,7-10H2,1H3. The predicted octanol–water partition coefficient (Wildman–Crippen LogP) is 3.39. The second kappa shape index (κ2) is 8.59. The molecule has 0 unspecified atom stereocenters. The zero-order chi connectivity index (χ0) is 19.4. The van der Waals surface area contributed by atoms with E-state index >= 15 is 0 Å². The summed E-state index contributed by atoms with van der Waals surface area (Å²) in [7, 11) is 0. The maximum absolute atomic E-state index is 12.7. The molecule has 8 heteroatoms. The molecule has 1 fully saturated rings. The van der Waals surface area contributed by atoms with Crippen LogP contribution in [0.15, 0.2) is 36.5 Å². The summed E-state index contributed by atoms with van der Waals surface area (Å²) in [4.78, 5) is 32.8. The molecule has 27 heavy (non-hydrogen) atoms. The van der Waals surface area contributed by atoms with Crippen LogP contribution in [-0.2, 0) is 0 Å². The van der Waals surface area contributed by atoms with Gasteiger partial charge in [-0.05, 0) is 31.2 Å². The van der Waals surface area contributed by atoms with E-state index in [0.717, 1.165) is 0 Å². The third-order valence-electron chi connectivity index (χ3n) is 4.29. The number of benzene rings is 1. The fourth-order valence-electron chi connectivity index (χ4n) is 2.90. The summed E-state index contributed by atoms with van der Waals surface area (Å²) in [5.41, 5.74) is 0.935. The molecule has 0 atom stereocenters. The first-order valence-corrected chi connectivity index (χ1v) is 9.37. The highest BCUT2D eigenvalue weighted by molar-refractivity contribution is 6.36. The van der Waals surface area contributed by atoms with Crippen molar-refractivity contribution >= 4 is 35.0 Å². The van der Waals surface area contributed by atoms with Crippen molar-refractivity contribution in [1.82, 2.24) is 14.8 Å². The van der Waals surface area contributed by atoms with Crippen LogP contribution >= 0.6 is 23.2 Å². The van der Waals surface area contributed by atoms with Gasteiger partial charge in [0.15, 0.2) is 0 Å². The molecule has 0 saturated carbocycles. The molecule has 0 N–H and O–H groups in total. The van der Waals surface area contributed by atoms with Crippen LogP contribution in [0.4, 0.5) is 0 Å². The molecule has 2 heterocycles. The summed E-state index contributed by atoms with van der Waals surface area (Å²) in [5.74, 6) is 0.163. The van der Waals surface area contributed by atoms with Gasteiger partial charge < -0.3 is 14.5 Å². The number of amides is 2. The van der Waals surface area contributed by atoms with Gasteiger partial charge in [-0.3, -0.25) is 9.59 Å². The number of halogens is 2. The van der Waals surface area contributed by atoms with Gasteiger partial charge in [0.2, 0.25) is 5.88 Å². The zero-order valence-corrected chi connectivity index (χ0v) is 16.3. The normalized spacial score (nSPS) is 14.2. The maximum Gasteiger partial charge on any atom is 0.255 e. The molecule has 142 valence electrons. The number of ether oxygens (including phenoxy) is 1. The van der Waals surface area contributed by atoms with E-state index < -0.39 is 0 Å². The maximum atomic E-state index is 12.7. The number of nitrogens with zero attached hydrogens (tertiary/aromatic N) is 3. The molecule has 1 aromatic heterocycles. The topological polar surface area (TPSA) is 62.7 Å². The van der Waals surface area contributed by atoms with Crippen molar-refractivity contribution in [3.05, 3.63) is 57.7 Å². The number of carbonyl (C=O) groups excluding carboxylic acids is 2. The largest absolute Gasteiger partial charge is 0.478 e. The third kappa shape index (κ3) is 4.51. The summed E-state index contributed by atoms with van der Waals surface area (Å²) in [6.07, 6.45) is 1.56. The summed E-state index contributed by atoms with van der Waals surface area (Å²) in [6, 6.07) is 8.11. The first-order chi connectivity index (χ1) is 13.0. The quantitative estimate of drug-likeness (QED) is 0.778. The Morgan fingerprint density at radius 2 is 1.70 bits per heavy atom. The highest BCUT2D eigenvalue weighted by atomic mass is 35.5.